The Bertz CT molecular complexity index is 644. The van der Waals surface area contributed by atoms with E-state index < -0.39 is 24.2 Å². The molecule has 5 nitrogen and oxygen atoms in total. The van der Waals surface area contributed by atoms with E-state index in [0.717, 1.165) is 32.1 Å². The normalized spacial score (nSPS) is 13.5. The van der Waals surface area contributed by atoms with E-state index in [1.54, 1.807) is 0 Å². The molecule has 0 spiro atoms. The second-order valence-corrected chi connectivity index (χ2v) is 15.6. The summed E-state index contributed by atoms with van der Waals surface area (Å²) in [7, 11) is 0. The van der Waals surface area contributed by atoms with Gasteiger partial charge in [-0.25, -0.2) is 0 Å². The number of carbonyl (C=O) groups is 1. The second-order valence-electron chi connectivity index (χ2n) is 15.6. The highest BCUT2D eigenvalue weighted by molar-refractivity contribution is 5.80. The monoisotopic (exact) mass is 696 g/mol. The molecule has 0 saturated heterocycles. The lowest BCUT2D eigenvalue weighted by molar-refractivity contribution is -0.131. The molecule has 0 bridgehead atoms. The van der Waals surface area contributed by atoms with Crippen LogP contribution in [0.3, 0.4) is 0 Å². The minimum atomic E-state index is -1.07. The summed E-state index contributed by atoms with van der Waals surface area (Å²) >= 11 is 0. The van der Waals surface area contributed by atoms with E-state index in [0.29, 0.717) is 12.8 Å². The maximum atomic E-state index is 12.4. The fourth-order valence-corrected chi connectivity index (χ4v) is 7.19. The van der Waals surface area contributed by atoms with Gasteiger partial charge in [-0.15, -0.1) is 0 Å². The Morgan fingerprint density at radius 1 is 0.408 bits per heavy atom. The van der Waals surface area contributed by atoms with Gasteiger partial charge in [-0.2, -0.15) is 0 Å². The Balaban J connectivity index is 3.49. The number of carbonyl (C=O) groups excluding carboxylic acids is 1. The van der Waals surface area contributed by atoms with E-state index >= 15 is 0 Å². The Kier molecular flexibility index (Phi) is 39.6. The zero-order chi connectivity index (χ0) is 35.9. The number of nitrogens with one attached hydrogen (secondary N) is 1. The average Bonchev–Trinajstić information content (AvgIpc) is 3.11. The third-order valence-electron chi connectivity index (χ3n) is 10.7. The van der Waals surface area contributed by atoms with E-state index in [9.17, 15) is 20.1 Å². The van der Waals surface area contributed by atoms with Crippen LogP contribution in [0.5, 0.6) is 0 Å². The summed E-state index contributed by atoms with van der Waals surface area (Å²) in [6, 6.07) is -0.704. The largest absolute Gasteiger partial charge is 0.394 e. The summed E-state index contributed by atoms with van der Waals surface area (Å²) < 4.78 is 0. The average molecular weight is 696 g/mol. The fraction of sp³-hybridized carbons (Fsp3) is 0.977. The van der Waals surface area contributed by atoms with Crippen LogP contribution in [-0.2, 0) is 4.79 Å². The minimum absolute atomic E-state index is 0.309. The molecular formula is C44H89NO4. The molecule has 0 fully saturated rings. The van der Waals surface area contributed by atoms with Crippen molar-refractivity contribution in [2.75, 3.05) is 6.61 Å². The smallest absolute Gasteiger partial charge is 0.249 e. The zero-order valence-electron chi connectivity index (χ0n) is 33.4. The maximum absolute atomic E-state index is 12.4. The molecule has 0 radical (unpaired) electrons. The van der Waals surface area contributed by atoms with Crippen molar-refractivity contribution in [3.63, 3.8) is 0 Å². The summed E-state index contributed by atoms with van der Waals surface area (Å²) in [5, 5.41) is 33.2. The van der Waals surface area contributed by atoms with Crippen molar-refractivity contribution in [2.24, 2.45) is 0 Å². The first kappa shape index (κ1) is 48.3. The van der Waals surface area contributed by atoms with Gasteiger partial charge in [0.25, 0.3) is 0 Å². The molecule has 0 rings (SSSR count). The van der Waals surface area contributed by atoms with Crippen LogP contribution in [0.1, 0.15) is 251 Å². The predicted molar refractivity (Wildman–Crippen MR) is 213 cm³/mol. The van der Waals surface area contributed by atoms with Gasteiger partial charge in [0.15, 0.2) is 0 Å². The lowest BCUT2D eigenvalue weighted by Gasteiger charge is -2.23. The van der Waals surface area contributed by atoms with Gasteiger partial charge in [0, 0.05) is 0 Å². The fourth-order valence-electron chi connectivity index (χ4n) is 7.19. The van der Waals surface area contributed by atoms with Crippen LogP contribution in [0.25, 0.3) is 0 Å². The van der Waals surface area contributed by atoms with Crippen molar-refractivity contribution in [1.82, 2.24) is 5.32 Å². The highest BCUT2D eigenvalue weighted by Gasteiger charge is 2.23. The van der Waals surface area contributed by atoms with Gasteiger partial charge in [-0.05, 0) is 12.8 Å². The quantitative estimate of drug-likeness (QED) is 0.0479. The SMILES string of the molecule is CCCCCCCCCCCCCCCCCCCCCCCCCCCC(O)C(=O)NC(CO)C(O)CCCCCCCCCCCC. The van der Waals surface area contributed by atoms with Crippen LogP contribution in [0.2, 0.25) is 0 Å². The molecule has 0 aromatic carbocycles. The molecule has 4 N–H and O–H groups in total. The molecule has 0 saturated carbocycles. The van der Waals surface area contributed by atoms with Crippen LogP contribution < -0.4 is 5.32 Å². The van der Waals surface area contributed by atoms with E-state index in [2.05, 4.69) is 19.2 Å². The second kappa shape index (κ2) is 40.1. The van der Waals surface area contributed by atoms with Crippen molar-refractivity contribution in [1.29, 1.82) is 0 Å². The highest BCUT2D eigenvalue weighted by atomic mass is 16.3. The molecule has 5 heteroatoms. The summed E-state index contributed by atoms with van der Waals surface area (Å²) in [5.74, 6) is -0.467. The molecule has 3 unspecified atom stereocenters. The molecule has 1 amide bonds. The van der Waals surface area contributed by atoms with Gasteiger partial charge in [-0.1, -0.05) is 239 Å². The summed E-state index contributed by atoms with van der Waals surface area (Å²) in [6.45, 7) is 4.23. The van der Waals surface area contributed by atoms with E-state index in [-0.39, 0.29) is 6.61 Å². The highest BCUT2D eigenvalue weighted by Crippen LogP contribution is 2.17. The summed E-state index contributed by atoms with van der Waals surface area (Å²) in [6.07, 6.45) is 45.5. The standard InChI is InChI=1S/C44H89NO4/c1-3-5-7-9-11-13-15-16-17-18-19-20-21-22-23-24-25-26-27-28-29-31-33-35-37-39-43(48)44(49)45-41(40-46)42(47)38-36-34-32-30-14-12-10-8-6-4-2/h41-43,46-48H,3-40H2,1-2H3,(H,45,49). The predicted octanol–water partition coefficient (Wildman–Crippen LogP) is 12.7. The molecular weight excluding hydrogens is 606 g/mol. The molecule has 3 atom stereocenters. The Hall–Kier alpha value is -0.650. The zero-order valence-corrected chi connectivity index (χ0v) is 33.4. The summed E-state index contributed by atoms with van der Waals surface area (Å²) in [5.41, 5.74) is 0. The summed E-state index contributed by atoms with van der Waals surface area (Å²) in [4.78, 5) is 12.4. The first-order valence-electron chi connectivity index (χ1n) is 22.3. The lowest BCUT2D eigenvalue weighted by Crippen LogP contribution is -2.49. The molecule has 0 aliphatic carbocycles. The Morgan fingerprint density at radius 2 is 0.653 bits per heavy atom. The van der Waals surface area contributed by atoms with Crippen molar-refractivity contribution < 1.29 is 20.1 Å². The molecule has 294 valence electrons. The van der Waals surface area contributed by atoms with Crippen LogP contribution in [-0.4, -0.2) is 46.1 Å². The van der Waals surface area contributed by atoms with Crippen LogP contribution in [0.15, 0.2) is 0 Å². The molecule has 0 aromatic rings. The number of hydrogen-bond acceptors (Lipinski definition) is 4. The van der Waals surface area contributed by atoms with Crippen molar-refractivity contribution in [3.05, 3.63) is 0 Å². The minimum Gasteiger partial charge on any atom is -0.394 e. The van der Waals surface area contributed by atoms with Crippen molar-refractivity contribution in [3.8, 4) is 0 Å². The molecule has 0 heterocycles. The third-order valence-corrected chi connectivity index (χ3v) is 10.7. The topological polar surface area (TPSA) is 89.8 Å². The number of rotatable bonds is 41. The van der Waals surface area contributed by atoms with Gasteiger partial charge in [0.1, 0.15) is 6.10 Å². The van der Waals surface area contributed by atoms with E-state index in [1.165, 1.54) is 193 Å². The number of aliphatic hydroxyl groups excluding tert-OH is 3. The van der Waals surface area contributed by atoms with Gasteiger partial charge >= 0.3 is 0 Å². The first-order chi connectivity index (χ1) is 24.1. The van der Waals surface area contributed by atoms with E-state index in [4.69, 9.17) is 0 Å². The Labute approximate surface area is 307 Å². The third kappa shape index (κ3) is 35.5. The number of aliphatic hydroxyl groups is 3. The number of unbranched alkanes of at least 4 members (excludes halogenated alkanes) is 33. The van der Waals surface area contributed by atoms with Crippen LogP contribution in [0.4, 0.5) is 0 Å². The number of amides is 1. The van der Waals surface area contributed by atoms with Gasteiger partial charge in [0.05, 0.1) is 18.8 Å². The molecule has 0 aliphatic heterocycles. The maximum Gasteiger partial charge on any atom is 0.249 e. The molecule has 0 aromatic heterocycles. The first-order valence-corrected chi connectivity index (χ1v) is 22.3. The van der Waals surface area contributed by atoms with Crippen LogP contribution in [0, 0.1) is 0 Å². The van der Waals surface area contributed by atoms with Gasteiger partial charge < -0.3 is 20.6 Å². The van der Waals surface area contributed by atoms with Crippen molar-refractivity contribution >= 4 is 5.91 Å². The Morgan fingerprint density at radius 3 is 0.918 bits per heavy atom. The molecule has 0 aliphatic rings. The van der Waals surface area contributed by atoms with Crippen molar-refractivity contribution in [2.45, 2.75) is 270 Å². The van der Waals surface area contributed by atoms with Crippen LogP contribution >= 0.6 is 0 Å². The number of hydrogen-bond donors (Lipinski definition) is 4. The van der Waals surface area contributed by atoms with Gasteiger partial charge in [0.2, 0.25) is 5.91 Å². The lowest BCUT2D eigenvalue weighted by atomic mass is 10.0. The van der Waals surface area contributed by atoms with Gasteiger partial charge in [-0.3, -0.25) is 4.79 Å². The van der Waals surface area contributed by atoms with E-state index in [1.807, 2.05) is 0 Å². The molecule has 49 heavy (non-hydrogen) atoms.